The Morgan fingerprint density at radius 3 is 2.26 bits per heavy atom. The zero-order chi connectivity index (χ0) is 19.2. The molecule has 1 amide bonds. The third kappa shape index (κ3) is 4.98. The first kappa shape index (κ1) is 19.2. The number of para-hydroxylation sites is 1. The van der Waals surface area contributed by atoms with Gasteiger partial charge in [0.2, 0.25) is 11.1 Å². The van der Waals surface area contributed by atoms with E-state index in [4.69, 9.17) is 0 Å². The summed E-state index contributed by atoms with van der Waals surface area (Å²) in [6, 6.07) is 19.8. The lowest BCUT2D eigenvalue weighted by Gasteiger charge is -2.25. The number of anilines is 1. The second kappa shape index (κ2) is 8.86. The molecule has 5 nitrogen and oxygen atoms in total. The van der Waals surface area contributed by atoms with E-state index in [-0.39, 0.29) is 17.1 Å². The Bertz CT molecular complexity index is 864. The van der Waals surface area contributed by atoms with E-state index >= 15 is 0 Å². The van der Waals surface area contributed by atoms with Gasteiger partial charge in [-0.3, -0.25) is 9.89 Å². The summed E-state index contributed by atoms with van der Waals surface area (Å²) in [7, 11) is 0. The standard InChI is InChI=1S/C21H24N4OS/c1-15(2)19-22-21(24-23-19)27-16(3)20(26)25(18-12-8-5-9-13-18)14-17-10-6-4-7-11-17/h4-13,15-16H,14H2,1-3H3,(H,22,23,24). The van der Waals surface area contributed by atoms with Crippen LogP contribution < -0.4 is 4.90 Å². The number of aromatic nitrogens is 3. The summed E-state index contributed by atoms with van der Waals surface area (Å²) in [5.41, 5.74) is 1.98. The number of carbonyl (C=O) groups excluding carboxylic acids is 1. The number of H-pyrrole nitrogens is 1. The van der Waals surface area contributed by atoms with Crippen molar-refractivity contribution >= 4 is 23.4 Å². The Kier molecular flexibility index (Phi) is 6.29. The van der Waals surface area contributed by atoms with Crippen LogP contribution in [0.3, 0.4) is 0 Å². The van der Waals surface area contributed by atoms with E-state index < -0.39 is 0 Å². The van der Waals surface area contributed by atoms with Crippen LogP contribution in [0.15, 0.2) is 65.8 Å². The third-order valence-electron chi connectivity index (χ3n) is 4.18. The lowest BCUT2D eigenvalue weighted by atomic mass is 10.2. The van der Waals surface area contributed by atoms with Crippen LogP contribution in [0.4, 0.5) is 5.69 Å². The number of benzene rings is 2. The molecule has 1 heterocycles. The molecule has 6 heteroatoms. The Morgan fingerprint density at radius 1 is 1.04 bits per heavy atom. The molecular formula is C21H24N4OS. The number of hydrogen-bond donors (Lipinski definition) is 1. The first-order chi connectivity index (χ1) is 13.0. The molecule has 1 N–H and O–H groups in total. The van der Waals surface area contributed by atoms with Crippen molar-refractivity contribution in [1.82, 2.24) is 15.2 Å². The van der Waals surface area contributed by atoms with Gasteiger partial charge in [-0.25, -0.2) is 4.98 Å². The lowest BCUT2D eigenvalue weighted by Crippen LogP contribution is -2.36. The fraction of sp³-hybridized carbons (Fsp3) is 0.286. The zero-order valence-corrected chi connectivity index (χ0v) is 16.6. The number of aromatic amines is 1. The number of nitrogens with one attached hydrogen (secondary N) is 1. The maximum absolute atomic E-state index is 13.2. The molecule has 0 fully saturated rings. The first-order valence-electron chi connectivity index (χ1n) is 9.04. The summed E-state index contributed by atoms with van der Waals surface area (Å²) >= 11 is 1.38. The minimum atomic E-state index is -0.301. The molecule has 0 bridgehead atoms. The number of rotatable bonds is 7. The Hall–Kier alpha value is -2.60. The fourth-order valence-electron chi connectivity index (χ4n) is 2.67. The summed E-state index contributed by atoms with van der Waals surface area (Å²) in [6.07, 6.45) is 0. The summed E-state index contributed by atoms with van der Waals surface area (Å²) in [6.45, 7) is 6.54. The maximum Gasteiger partial charge on any atom is 0.240 e. The summed E-state index contributed by atoms with van der Waals surface area (Å²) in [4.78, 5) is 19.5. The van der Waals surface area contributed by atoms with Crippen molar-refractivity contribution in [1.29, 1.82) is 0 Å². The van der Waals surface area contributed by atoms with Gasteiger partial charge in [-0.15, -0.1) is 5.10 Å². The van der Waals surface area contributed by atoms with E-state index in [0.717, 1.165) is 17.1 Å². The topological polar surface area (TPSA) is 61.9 Å². The van der Waals surface area contributed by atoms with Crippen molar-refractivity contribution in [2.75, 3.05) is 4.90 Å². The van der Waals surface area contributed by atoms with Gasteiger partial charge < -0.3 is 4.90 Å². The van der Waals surface area contributed by atoms with E-state index in [0.29, 0.717) is 11.7 Å². The molecule has 27 heavy (non-hydrogen) atoms. The number of amides is 1. The summed E-state index contributed by atoms with van der Waals surface area (Å²) < 4.78 is 0. The van der Waals surface area contributed by atoms with Gasteiger partial charge in [0.25, 0.3) is 0 Å². The van der Waals surface area contributed by atoms with Crippen molar-refractivity contribution in [2.45, 2.75) is 43.6 Å². The highest BCUT2D eigenvalue weighted by Crippen LogP contribution is 2.26. The predicted octanol–water partition coefficient (Wildman–Crippen LogP) is 4.64. The molecule has 2 aromatic carbocycles. The largest absolute Gasteiger partial charge is 0.307 e. The molecule has 1 unspecified atom stereocenters. The average molecular weight is 381 g/mol. The number of hydrogen-bond acceptors (Lipinski definition) is 4. The van der Waals surface area contributed by atoms with Crippen LogP contribution in [-0.2, 0) is 11.3 Å². The second-order valence-corrected chi connectivity index (χ2v) is 7.97. The molecule has 1 atom stereocenters. The highest BCUT2D eigenvalue weighted by molar-refractivity contribution is 8.00. The van der Waals surface area contributed by atoms with Gasteiger partial charge in [0.1, 0.15) is 5.82 Å². The van der Waals surface area contributed by atoms with Crippen molar-refractivity contribution in [2.24, 2.45) is 0 Å². The number of carbonyl (C=O) groups is 1. The first-order valence-corrected chi connectivity index (χ1v) is 9.92. The highest BCUT2D eigenvalue weighted by Gasteiger charge is 2.24. The minimum absolute atomic E-state index is 0.0333. The van der Waals surface area contributed by atoms with Gasteiger partial charge in [-0.1, -0.05) is 74.1 Å². The second-order valence-electron chi connectivity index (χ2n) is 6.66. The molecular weight excluding hydrogens is 356 g/mol. The van der Waals surface area contributed by atoms with Gasteiger partial charge in [0, 0.05) is 11.6 Å². The lowest BCUT2D eigenvalue weighted by molar-refractivity contribution is -0.118. The van der Waals surface area contributed by atoms with Crippen LogP contribution in [0, 0.1) is 0 Å². The van der Waals surface area contributed by atoms with E-state index in [2.05, 4.69) is 29.0 Å². The summed E-state index contributed by atoms with van der Waals surface area (Å²) in [5.74, 6) is 1.14. The van der Waals surface area contributed by atoms with Crippen molar-refractivity contribution < 1.29 is 4.79 Å². The Balaban J connectivity index is 1.79. The molecule has 3 rings (SSSR count). The summed E-state index contributed by atoms with van der Waals surface area (Å²) in [5, 5.41) is 7.48. The van der Waals surface area contributed by atoms with Crippen LogP contribution in [0.1, 0.15) is 38.1 Å². The zero-order valence-electron chi connectivity index (χ0n) is 15.8. The molecule has 0 aliphatic carbocycles. The Labute approximate surface area is 164 Å². The van der Waals surface area contributed by atoms with Crippen LogP contribution in [-0.4, -0.2) is 26.3 Å². The highest BCUT2D eigenvalue weighted by atomic mass is 32.2. The van der Waals surface area contributed by atoms with Gasteiger partial charge in [-0.05, 0) is 24.6 Å². The molecule has 0 saturated heterocycles. The molecule has 0 saturated carbocycles. The number of nitrogens with zero attached hydrogens (tertiary/aromatic N) is 3. The van der Waals surface area contributed by atoms with Gasteiger partial charge >= 0.3 is 0 Å². The Morgan fingerprint density at radius 2 is 1.67 bits per heavy atom. The minimum Gasteiger partial charge on any atom is -0.307 e. The van der Waals surface area contributed by atoms with Crippen molar-refractivity contribution in [3.05, 3.63) is 72.1 Å². The van der Waals surface area contributed by atoms with Crippen molar-refractivity contribution in [3.8, 4) is 0 Å². The molecule has 140 valence electrons. The normalized spacial score (nSPS) is 12.1. The molecule has 0 aliphatic heterocycles. The fourth-order valence-corrected chi connectivity index (χ4v) is 3.46. The molecule has 0 aliphatic rings. The van der Waals surface area contributed by atoms with Crippen LogP contribution in [0.25, 0.3) is 0 Å². The molecule has 0 radical (unpaired) electrons. The molecule has 3 aromatic rings. The van der Waals surface area contributed by atoms with Crippen molar-refractivity contribution in [3.63, 3.8) is 0 Å². The molecule has 1 aromatic heterocycles. The van der Waals surface area contributed by atoms with E-state index in [1.807, 2.05) is 72.5 Å². The molecule has 0 spiro atoms. The van der Waals surface area contributed by atoms with Crippen LogP contribution in [0.5, 0.6) is 0 Å². The van der Waals surface area contributed by atoms with Crippen LogP contribution in [0.2, 0.25) is 0 Å². The smallest absolute Gasteiger partial charge is 0.240 e. The van der Waals surface area contributed by atoms with Crippen LogP contribution >= 0.6 is 11.8 Å². The maximum atomic E-state index is 13.2. The van der Waals surface area contributed by atoms with Gasteiger partial charge in [0.15, 0.2) is 0 Å². The van der Waals surface area contributed by atoms with E-state index in [9.17, 15) is 4.79 Å². The monoisotopic (exact) mass is 380 g/mol. The quantitative estimate of drug-likeness (QED) is 0.607. The third-order valence-corrected chi connectivity index (χ3v) is 5.13. The average Bonchev–Trinajstić information content (AvgIpc) is 3.16. The van der Waals surface area contributed by atoms with E-state index in [1.165, 1.54) is 11.8 Å². The van der Waals surface area contributed by atoms with Gasteiger partial charge in [-0.2, -0.15) is 0 Å². The van der Waals surface area contributed by atoms with Gasteiger partial charge in [0.05, 0.1) is 11.8 Å². The van der Waals surface area contributed by atoms with E-state index in [1.54, 1.807) is 0 Å². The predicted molar refractivity (Wildman–Crippen MR) is 110 cm³/mol. The number of thioether (sulfide) groups is 1. The SMILES string of the molecule is CC(Sc1n[nH]c(C(C)C)n1)C(=O)N(Cc1ccccc1)c1ccccc1.